The van der Waals surface area contributed by atoms with Gasteiger partial charge in [-0.05, 0) is 23.8 Å². The third-order valence-electron chi connectivity index (χ3n) is 2.70. The number of aromatic nitrogens is 1. The molecule has 2 rings (SSSR count). The zero-order valence-corrected chi connectivity index (χ0v) is 11.5. The standard InChI is InChI=1S/C14H13ClN2O3/c1-20-13-5-2-9(8-17-13)7-16-10-3-4-12(15)11(6-10)14(18)19/h2-6,8,16H,7H2,1H3,(H,18,19). The number of anilines is 1. The number of benzene rings is 1. The summed E-state index contributed by atoms with van der Waals surface area (Å²) in [7, 11) is 1.56. The largest absolute Gasteiger partial charge is 0.481 e. The van der Waals surface area contributed by atoms with E-state index in [1.165, 1.54) is 6.07 Å². The molecular weight excluding hydrogens is 280 g/mol. The molecule has 0 amide bonds. The average Bonchev–Trinajstić information content (AvgIpc) is 2.46. The van der Waals surface area contributed by atoms with Gasteiger partial charge in [0, 0.05) is 24.5 Å². The topological polar surface area (TPSA) is 71.5 Å². The van der Waals surface area contributed by atoms with Crippen molar-refractivity contribution in [1.29, 1.82) is 0 Å². The van der Waals surface area contributed by atoms with Crippen molar-refractivity contribution in [1.82, 2.24) is 4.98 Å². The number of hydrogen-bond acceptors (Lipinski definition) is 4. The molecule has 0 aliphatic carbocycles. The van der Waals surface area contributed by atoms with Crippen LogP contribution in [0.1, 0.15) is 15.9 Å². The maximum Gasteiger partial charge on any atom is 0.337 e. The number of pyridine rings is 1. The zero-order chi connectivity index (χ0) is 14.5. The number of nitrogens with zero attached hydrogens (tertiary/aromatic N) is 1. The number of halogens is 1. The van der Waals surface area contributed by atoms with E-state index in [2.05, 4.69) is 10.3 Å². The van der Waals surface area contributed by atoms with Crippen molar-refractivity contribution in [2.45, 2.75) is 6.54 Å². The molecule has 1 aromatic heterocycles. The summed E-state index contributed by atoms with van der Waals surface area (Å²) < 4.78 is 4.98. The van der Waals surface area contributed by atoms with Crippen LogP contribution in [-0.4, -0.2) is 23.2 Å². The molecule has 20 heavy (non-hydrogen) atoms. The average molecular weight is 293 g/mol. The van der Waals surface area contributed by atoms with Crippen LogP contribution < -0.4 is 10.1 Å². The number of rotatable bonds is 5. The van der Waals surface area contributed by atoms with Gasteiger partial charge in [0.2, 0.25) is 5.88 Å². The highest BCUT2D eigenvalue weighted by atomic mass is 35.5. The molecule has 0 unspecified atom stereocenters. The molecule has 0 aliphatic rings. The third kappa shape index (κ3) is 3.39. The van der Waals surface area contributed by atoms with Crippen LogP contribution in [0.3, 0.4) is 0 Å². The molecular formula is C14H13ClN2O3. The summed E-state index contributed by atoms with van der Waals surface area (Å²) in [4.78, 5) is 15.1. The van der Waals surface area contributed by atoms with Gasteiger partial charge in [-0.15, -0.1) is 0 Å². The fraction of sp³-hybridized carbons (Fsp3) is 0.143. The Labute approximate surface area is 121 Å². The van der Waals surface area contributed by atoms with Gasteiger partial charge >= 0.3 is 5.97 Å². The van der Waals surface area contributed by atoms with Crippen molar-refractivity contribution in [2.75, 3.05) is 12.4 Å². The Morgan fingerprint density at radius 3 is 2.80 bits per heavy atom. The van der Waals surface area contributed by atoms with E-state index in [1.807, 2.05) is 6.07 Å². The molecule has 1 aromatic carbocycles. The molecule has 0 saturated heterocycles. The van der Waals surface area contributed by atoms with E-state index in [9.17, 15) is 4.79 Å². The summed E-state index contributed by atoms with van der Waals surface area (Å²) in [6.45, 7) is 0.525. The van der Waals surface area contributed by atoms with Crippen molar-refractivity contribution >= 4 is 23.3 Å². The van der Waals surface area contributed by atoms with Gasteiger partial charge in [-0.3, -0.25) is 0 Å². The minimum atomic E-state index is -1.05. The van der Waals surface area contributed by atoms with Crippen LogP contribution in [0.5, 0.6) is 5.88 Å². The number of carboxylic acid groups (broad SMARTS) is 1. The van der Waals surface area contributed by atoms with Crippen molar-refractivity contribution in [3.63, 3.8) is 0 Å². The minimum Gasteiger partial charge on any atom is -0.481 e. The van der Waals surface area contributed by atoms with Crippen molar-refractivity contribution in [2.24, 2.45) is 0 Å². The fourth-order valence-electron chi connectivity index (χ4n) is 1.64. The normalized spacial score (nSPS) is 10.1. The van der Waals surface area contributed by atoms with Gasteiger partial charge in [0.1, 0.15) is 0 Å². The molecule has 0 spiro atoms. The molecule has 0 aliphatic heterocycles. The maximum absolute atomic E-state index is 11.0. The molecule has 104 valence electrons. The highest BCUT2D eigenvalue weighted by Gasteiger charge is 2.09. The SMILES string of the molecule is COc1ccc(CNc2ccc(Cl)c(C(=O)O)c2)cn1. The Balaban J connectivity index is 2.06. The number of carbonyl (C=O) groups is 1. The van der Waals surface area contributed by atoms with Crippen molar-refractivity contribution in [3.8, 4) is 5.88 Å². The molecule has 5 nitrogen and oxygen atoms in total. The molecule has 1 heterocycles. The van der Waals surface area contributed by atoms with E-state index in [0.29, 0.717) is 18.1 Å². The van der Waals surface area contributed by atoms with Crippen LogP contribution in [0.15, 0.2) is 36.5 Å². The Morgan fingerprint density at radius 2 is 2.20 bits per heavy atom. The summed E-state index contributed by atoms with van der Waals surface area (Å²) in [6.07, 6.45) is 1.69. The molecule has 2 N–H and O–H groups in total. The summed E-state index contributed by atoms with van der Waals surface area (Å²) in [6, 6.07) is 8.43. The first-order chi connectivity index (χ1) is 9.60. The summed E-state index contributed by atoms with van der Waals surface area (Å²) in [5, 5.41) is 12.3. The van der Waals surface area contributed by atoms with Crippen LogP contribution in [-0.2, 0) is 6.54 Å². The van der Waals surface area contributed by atoms with Gasteiger partial charge in [0.05, 0.1) is 17.7 Å². The number of aromatic carboxylic acids is 1. The number of carboxylic acids is 1. The first-order valence-corrected chi connectivity index (χ1v) is 6.23. The van der Waals surface area contributed by atoms with E-state index in [0.717, 1.165) is 5.56 Å². The second kappa shape index (κ2) is 6.25. The van der Waals surface area contributed by atoms with Crippen LogP contribution in [0.25, 0.3) is 0 Å². The maximum atomic E-state index is 11.0. The molecule has 6 heteroatoms. The highest BCUT2D eigenvalue weighted by Crippen LogP contribution is 2.21. The lowest BCUT2D eigenvalue weighted by atomic mass is 10.2. The number of methoxy groups -OCH3 is 1. The lowest BCUT2D eigenvalue weighted by molar-refractivity contribution is 0.0697. The van der Waals surface area contributed by atoms with E-state index in [-0.39, 0.29) is 10.6 Å². The summed E-state index contributed by atoms with van der Waals surface area (Å²) in [5.41, 5.74) is 1.71. The number of nitrogens with one attached hydrogen (secondary N) is 1. The van der Waals surface area contributed by atoms with Crippen LogP contribution in [0, 0.1) is 0 Å². The molecule has 0 bridgehead atoms. The Kier molecular flexibility index (Phi) is 4.42. The Bertz CT molecular complexity index is 614. The number of ether oxygens (including phenoxy) is 1. The quantitative estimate of drug-likeness (QED) is 0.886. The van der Waals surface area contributed by atoms with E-state index in [1.54, 1.807) is 31.5 Å². The Morgan fingerprint density at radius 1 is 1.40 bits per heavy atom. The lowest BCUT2D eigenvalue weighted by Gasteiger charge is -2.08. The first-order valence-electron chi connectivity index (χ1n) is 5.86. The highest BCUT2D eigenvalue weighted by molar-refractivity contribution is 6.33. The number of hydrogen-bond donors (Lipinski definition) is 2. The van der Waals surface area contributed by atoms with Crippen LogP contribution >= 0.6 is 11.6 Å². The second-order valence-electron chi connectivity index (χ2n) is 4.06. The molecule has 2 aromatic rings. The van der Waals surface area contributed by atoms with Crippen molar-refractivity contribution < 1.29 is 14.6 Å². The minimum absolute atomic E-state index is 0.0736. The zero-order valence-electron chi connectivity index (χ0n) is 10.8. The second-order valence-corrected chi connectivity index (χ2v) is 4.47. The first kappa shape index (κ1) is 14.1. The van der Waals surface area contributed by atoms with Gasteiger partial charge in [0.15, 0.2) is 0 Å². The van der Waals surface area contributed by atoms with Gasteiger partial charge in [-0.1, -0.05) is 17.7 Å². The molecule has 0 radical (unpaired) electrons. The smallest absolute Gasteiger partial charge is 0.337 e. The summed E-state index contributed by atoms with van der Waals surface area (Å²) in [5.74, 6) is -0.502. The van der Waals surface area contributed by atoms with Gasteiger partial charge in [-0.2, -0.15) is 0 Å². The predicted molar refractivity (Wildman–Crippen MR) is 76.5 cm³/mol. The van der Waals surface area contributed by atoms with E-state index >= 15 is 0 Å². The lowest BCUT2D eigenvalue weighted by Crippen LogP contribution is -2.03. The predicted octanol–water partition coefficient (Wildman–Crippen LogP) is 3.05. The van der Waals surface area contributed by atoms with E-state index in [4.69, 9.17) is 21.4 Å². The molecule has 0 saturated carbocycles. The molecule has 0 fully saturated rings. The van der Waals surface area contributed by atoms with Crippen molar-refractivity contribution in [3.05, 3.63) is 52.7 Å². The van der Waals surface area contributed by atoms with Crippen LogP contribution in [0.2, 0.25) is 5.02 Å². The summed E-state index contributed by atoms with van der Waals surface area (Å²) >= 11 is 5.81. The fourth-order valence-corrected chi connectivity index (χ4v) is 1.84. The van der Waals surface area contributed by atoms with Crippen LogP contribution in [0.4, 0.5) is 5.69 Å². The monoisotopic (exact) mass is 292 g/mol. The Hall–Kier alpha value is -2.27. The van der Waals surface area contributed by atoms with Gasteiger partial charge < -0.3 is 15.2 Å². The molecule has 0 atom stereocenters. The van der Waals surface area contributed by atoms with Gasteiger partial charge in [-0.25, -0.2) is 9.78 Å². The van der Waals surface area contributed by atoms with Gasteiger partial charge in [0.25, 0.3) is 0 Å². The van der Waals surface area contributed by atoms with E-state index < -0.39 is 5.97 Å². The third-order valence-corrected chi connectivity index (χ3v) is 3.03.